The van der Waals surface area contributed by atoms with E-state index in [2.05, 4.69) is 10.1 Å². The predicted molar refractivity (Wildman–Crippen MR) is 64.3 cm³/mol. The van der Waals surface area contributed by atoms with Crippen molar-refractivity contribution < 1.29 is 14.3 Å². The quantitative estimate of drug-likeness (QED) is 0.541. The minimum Gasteiger partial charge on any atom is -0.469 e. The molecule has 92 valence electrons. The molecule has 0 aliphatic heterocycles. The lowest BCUT2D eigenvalue weighted by Gasteiger charge is -2.23. The molecule has 0 spiro atoms. The van der Waals surface area contributed by atoms with E-state index in [4.69, 9.17) is 0 Å². The summed E-state index contributed by atoms with van der Waals surface area (Å²) < 4.78 is 4.53. The van der Waals surface area contributed by atoms with Crippen molar-refractivity contribution >= 4 is 23.6 Å². The molecule has 4 nitrogen and oxygen atoms in total. The molecule has 1 amide bonds. The summed E-state index contributed by atoms with van der Waals surface area (Å²) in [4.78, 5) is 22.2. The molecule has 0 heterocycles. The fourth-order valence-corrected chi connectivity index (χ4v) is 2.18. The Kier molecular flexibility index (Phi) is 6.30. The van der Waals surface area contributed by atoms with Crippen molar-refractivity contribution in [1.82, 2.24) is 5.32 Å². The summed E-state index contributed by atoms with van der Waals surface area (Å²) in [6.45, 7) is 0.696. The van der Waals surface area contributed by atoms with Crippen LogP contribution in [0.5, 0.6) is 0 Å². The van der Waals surface area contributed by atoms with Crippen LogP contribution in [0.15, 0.2) is 0 Å². The lowest BCUT2D eigenvalue weighted by Crippen LogP contribution is -2.35. The van der Waals surface area contributed by atoms with E-state index in [1.54, 1.807) is 11.8 Å². The zero-order valence-electron chi connectivity index (χ0n) is 9.66. The molecule has 0 aromatic heterocycles. The van der Waals surface area contributed by atoms with Gasteiger partial charge in [0.05, 0.1) is 13.5 Å². The number of methoxy groups -OCH3 is 1. The van der Waals surface area contributed by atoms with Gasteiger partial charge < -0.3 is 10.1 Å². The normalized spacial score (nSPS) is 15.3. The molecular weight excluding hydrogens is 226 g/mol. The predicted octanol–water partition coefficient (Wildman–Crippen LogP) is 1.20. The fraction of sp³-hybridized carbons (Fsp3) is 0.818. The maximum absolute atomic E-state index is 11.4. The van der Waals surface area contributed by atoms with Gasteiger partial charge in [0, 0.05) is 24.0 Å². The molecule has 16 heavy (non-hydrogen) atoms. The van der Waals surface area contributed by atoms with Crippen molar-refractivity contribution in [3.63, 3.8) is 0 Å². The van der Waals surface area contributed by atoms with Gasteiger partial charge in [-0.25, -0.2) is 0 Å². The third kappa shape index (κ3) is 4.88. The van der Waals surface area contributed by atoms with Crippen LogP contribution in [0.2, 0.25) is 0 Å². The maximum atomic E-state index is 11.4. The van der Waals surface area contributed by atoms with Gasteiger partial charge in [0.2, 0.25) is 5.91 Å². The minimum atomic E-state index is -0.175. The summed E-state index contributed by atoms with van der Waals surface area (Å²) in [7, 11) is 1.39. The molecule has 0 radical (unpaired) electrons. The second kappa shape index (κ2) is 7.54. The summed E-state index contributed by atoms with van der Waals surface area (Å²) in [6.07, 6.45) is 3.71. The molecule has 5 heteroatoms. The van der Waals surface area contributed by atoms with E-state index in [0.29, 0.717) is 13.0 Å². The Morgan fingerprint density at radius 3 is 2.69 bits per heavy atom. The molecule has 0 aromatic rings. The highest BCUT2D eigenvalue weighted by Crippen LogP contribution is 2.26. The molecule has 1 aliphatic carbocycles. The van der Waals surface area contributed by atoms with Crippen LogP contribution in [0.1, 0.15) is 25.7 Å². The first-order valence-electron chi connectivity index (χ1n) is 5.66. The highest BCUT2D eigenvalue weighted by Gasteiger charge is 2.24. The first-order valence-corrected chi connectivity index (χ1v) is 6.81. The molecule has 0 bridgehead atoms. The Hall–Kier alpha value is -0.710. The number of rotatable bonds is 7. The van der Waals surface area contributed by atoms with Gasteiger partial charge in [0.1, 0.15) is 0 Å². The Morgan fingerprint density at radius 2 is 2.12 bits per heavy atom. The highest BCUT2D eigenvalue weighted by molar-refractivity contribution is 7.99. The van der Waals surface area contributed by atoms with Gasteiger partial charge in [-0.3, -0.25) is 9.59 Å². The number of ether oxygens (including phenoxy) is 1. The van der Waals surface area contributed by atoms with Crippen molar-refractivity contribution in [3.8, 4) is 0 Å². The molecule has 1 N–H and O–H groups in total. The first kappa shape index (κ1) is 13.4. The fourth-order valence-electron chi connectivity index (χ4n) is 1.42. The van der Waals surface area contributed by atoms with E-state index in [-0.39, 0.29) is 17.8 Å². The number of nitrogens with one attached hydrogen (secondary N) is 1. The van der Waals surface area contributed by atoms with Crippen LogP contribution in [0.3, 0.4) is 0 Å². The third-order valence-corrected chi connectivity index (χ3v) is 3.69. The van der Waals surface area contributed by atoms with E-state index >= 15 is 0 Å². The van der Waals surface area contributed by atoms with E-state index in [1.165, 1.54) is 13.5 Å². The molecule has 1 aliphatic rings. The number of hydrogen-bond donors (Lipinski definition) is 1. The zero-order valence-corrected chi connectivity index (χ0v) is 10.5. The van der Waals surface area contributed by atoms with E-state index in [0.717, 1.165) is 24.3 Å². The Labute approximate surface area is 100 Å². The largest absolute Gasteiger partial charge is 0.469 e. The second-order valence-corrected chi connectivity index (χ2v) is 5.08. The topological polar surface area (TPSA) is 55.4 Å². The molecule has 1 fully saturated rings. The third-order valence-electron chi connectivity index (χ3n) is 2.70. The van der Waals surface area contributed by atoms with Gasteiger partial charge in [-0.2, -0.15) is 11.8 Å². The Bertz CT molecular complexity index is 241. The van der Waals surface area contributed by atoms with Crippen LogP contribution in [0, 0.1) is 5.92 Å². The molecule has 0 unspecified atom stereocenters. The van der Waals surface area contributed by atoms with Crippen molar-refractivity contribution in [2.75, 3.05) is 25.2 Å². The average Bonchev–Trinajstić information content (AvgIpc) is 2.20. The first-order chi connectivity index (χ1) is 7.74. The number of carbonyl (C=O) groups excluding carboxylic acids is 2. The summed E-state index contributed by atoms with van der Waals surface area (Å²) in [6, 6.07) is 0. The van der Waals surface area contributed by atoms with E-state index < -0.39 is 0 Å². The SMILES string of the molecule is COC(=O)CCSCCNC(=O)C1CCC1. The van der Waals surface area contributed by atoms with Crippen molar-refractivity contribution in [2.45, 2.75) is 25.7 Å². The van der Waals surface area contributed by atoms with Crippen LogP contribution in [-0.2, 0) is 14.3 Å². The Balaban J connectivity index is 1.87. The number of hydrogen-bond acceptors (Lipinski definition) is 4. The Morgan fingerprint density at radius 1 is 1.38 bits per heavy atom. The summed E-state index contributed by atoms with van der Waals surface area (Å²) in [5, 5.41) is 2.91. The number of thioether (sulfide) groups is 1. The molecule has 0 saturated heterocycles. The number of amides is 1. The lowest BCUT2D eigenvalue weighted by atomic mass is 9.85. The molecule has 1 rings (SSSR count). The molecule has 0 aromatic carbocycles. The van der Waals surface area contributed by atoms with E-state index in [9.17, 15) is 9.59 Å². The van der Waals surface area contributed by atoms with Crippen LogP contribution in [0.4, 0.5) is 0 Å². The maximum Gasteiger partial charge on any atom is 0.306 e. The second-order valence-electron chi connectivity index (χ2n) is 3.86. The molecular formula is C11H19NO3S. The number of carbonyl (C=O) groups is 2. The van der Waals surface area contributed by atoms with Gasteiger partial charge >= 0.3 is 5.97 Å². The van der Waals surface area contributed by atoms with Crippen LogP contribution < -0.4 is 5.32 Å². The standard InChI is InChI=1S/C11H19NO3S/c1-15-10(13)5-7-16-8-6-12-11(14)9-3-2-4-9/h9H,2-8H2,1H3,(H,12,14). The van der Waals surface area contributed by atoms with Crippen LogP contribution in [0.25, 0.3) is 0 Å². The van der Waals surface area contributed by atoms with Gasteiger partial charge in [-0.15, -0.1) is 0 Å². The van der Waals surface area contributed by atoms with Crippen molar-refractivity contribution in [1.29, 1.82) is 0 Å². The minimum absolute atomic E-state index is 0.175. The van der Waals surface area contributed by atoms with Gasteiger partial charge in [0.15, 0.2) is 0 Å². The number of esters is 1. The smallest absolute Gasteiger partial charge is 0.306 e. The van der Waals surface area contributed by atoms with Gasteiger partial charge in [0.25, 0.3) is 0 Å². The van der Waals surface area contributed by atoms with Crippen LogP contribution >= 0.6 is 11.8 Å². The summed E-state index contributed by atoms with van der Waals surface area (Å²) in [5.74, 6) is 1.90. The summed E-state index contributed by atoms with van der Waals surface area (Å²) in [5.41, 5.74) is 0. The van der Waals surface area contributed by atoms with Crippen molar-refractivity contribution in [2.24, 2.45) is 5.92 Å². The molecule has 0 atom stereocenters. The highest BCUT2D eigenvalue weighted by atomic mass is 32.2. The molecule has 1 saturated carbocycles. The monoisotopic (exact) mass is 245 g/mol. The van der Waals surface area contributed by atoms with Crippen LogP contribution in [-0.4, -0.2) is 37.0 Å². The van der Waals surface area contributed by atoms with E-state index in [1.807, 2.05) is 0 Å². The lowest BCUT2D eigenvalue weighted by molar-refractivity contribution is -0.140. The zero-order chi connectivity index (χ0) is 11.8. The van der Waals surface area contributed by atoms with Gasteiger partial charge in [-0.1, -0.05) is 6.42 Å². The average molecular weight is 245 g/mol. The van der Waals surface area contributed by atoms with Crippen molar-refractivity contribution in [3.05, 3.63) is 0 Å². The summed E-state index contributed by atoms with van der Waals surface area (Å²) >= 11 is 1.66. The van der Waals surface area contributed by atoms with Gasteiger partial charge in [-0.05, 0) is 12.8 Å².